The van der Waals surface area contributed by atoms with Crippen LogP contribution in [-0.4, -0.2) is 32.9 Å². The number of fused-ring (bicyclic) bond motifs is 1. The molecule has 1 N–H and O–H groups in total. The van der Waals surface area contributed by atoms with Crippen molar-refractivity contribution in [2.75, 3.05) is 21.3 Å². The van der Waals surface area contributed by atoms with Gasteiger partial charge in [-0.2, -0.15) is 5.10 Å². The molecule has 0 aromatic heterocycles. The van der Waals surface area contributed by atoms with E-state index in [0.717, 1.165) is 21.9 Å². The average Bonchev–Trinajstić information content (AvgIpc) is 2.72. The van der Waals surface area contributed by atoms with Gasteiger partial charge in [-0.15, -0.1) is 0 Å². The number of benzene rings is 3. The number of carbonyl (C=O) groups is 1. The normalized spacial score (nSPS) is 11.2. The molecule has 6 heteroatoms. The molecule has 0 radical (unpaired) electrons. The summed E-state index contributed by atoms with van der Waals surface area (Å²) in [5.41, 5.74) is 4.68. The third-order valence-electron chi connectivity index (χ3n) is 4.29. The average molecular weight is 378 g/mol. The number of amides is 1. The van der Waals surface area contributed by atoms with Crippen molar-refractivity contribution in [2.24, 2.45) is 5.10 Å². The molecule has 3 rings (SSSR count). The van der Waals surface area contributed by atoms with Crippen molar-refractivity contribution < 1.29 is 19.0 Å². The van der Waals surface area contributed by atoms with E-state index in [-0.39, 0.29) is 5.91 Å². The first-order chi connectivity index (χ1) is 13.6. The Kier molecular flexibility index (Phi) is 5.79. The van der Waals surface area contributed by atoms with E-state index in [1.807, 2.05) is 42.5 Å². The lowest BCUT2D eigenvalue weighted by Gasteiger charge is -2.15. The van der Waals surface area contributed by atoms with Crippen molar-refractivity contribution >= 4 is 22.4 Å². The summed E-state index contributed by atoms with van der Waals surface area (Å²) in [5, 5.41) is 6.53. The zero-order valence-corrected chi connectivity index (χ0v) is 16.3. The van der Waals surface area contributed by atoms with Crippen LogP contribution >= 0.6 is 0 Å². The quantitative estimate of drug-likeness (QED) is 0.524. The number of rotatable bonds is 6. The largest absolute Gasteiger partial charge is 0.493 e. The Morgan fingerprint density at radius 3 is 2.04 bits per heavy atom. The van der Waals surface area contributed by atoms with Gasteiger partial charge in [0, 0.05) is 18.1 Å². The lowest BCUT2D eigenvalue weighted by molar-refractivity contribution is -0.118. The third kappa shape index (κ3) is 3.91. The Bertz CT molecular complexity index is 1020. The molecule has 0 aliphatic rings. The maximum Gasteiger partial charge on any atom is 0.236 e. The number of carbonyl (C=O) groups excluding carboxylic acids is 1. The van der Waals surface area contributed by atoms with E-state index in [1.54, 1.807) is 33.5 Å². The van der Waals surface area contributed by atoms with E-state index in [9.17, 15) is 4.79 Å². The van der Waals surface area contributed by atoms with Crippen molar-refractivity contribution in [1.82, 2.24) is 5.43 Å². The minimum Gasteiger partial charge on any atom is -0.493 e. The zero-order chi connectivity index (χ0) is 20.1. The van der Waals surface area contributed by atoms with Gasteiger partial charge in [0.25, 0.3) is 0 Å². The molecule has 0 aliphatic carbocycles. The van der Waals surface area contributed by atoms with E-state index in [1.165, 1.54) is 6.92 Å². The summed E-state index contributed by atoms with van der Waals surface area (Å²) < 4.78 is 16.3. The molecule has 0 atom stereocenters. The van der Waals surface area contributed by atoms with Gasteiger partial charge < -0.3 is 14.2 Å². The van der Waals surface area contributed by atoms with Crippen molar-refractivity contribution in [2.45, 2.75) is 6.92 Å². The van der Waals surface area contributed by atoms with Gasteiger partial charge in [-0.1, -0.05) is 36.4 Å². The summed E-state index contributed by atoms with van der Waals surface area (Å²) in [6.07, 6.45) is 0. The predicted octanol–water partition coefficient (Wildman–Crippen LogP) is 3.75. The summed E-state index contributed by atoms with van der Waals surface area (Å²) in [6.45, 7) is 1.41. The number of ether oxygens (including phenoxy) is 3. The summed E-state index contributed by atoms with van der Waals surface area (Å²) >= 11 is 0. The fourth-order valence-electron chi connectivity index (χ4n) is 2.98. The molecular formula is C22H22N2O4. The first-order valence-electron chi connectivity index (χ1n) is 8.71. The highest BCUT2D eigenvalue weighted by atomic mass is 16.5. The Balaban J connectivity index is 2.20. The van der Waals surface area contributed by atoms with Crippen LogP contribution in [0.2, 0.25) is 0 Å². The Labute approximate surface area is 163 Å². The second-order valence-corrected chi connectivity index (χ2v) is 6.10. The van der Waals surface area contributed by atoms with E-state index in [0.29, 0.717) is 23.0 Å². The van der Waals surface area contributed by atoms with Crippen molar-refractivity contribution in [3.8, 4) is 17.2 Å². The fraction of sp³-hybridized carbons (Fsp3) is 0.182. The second kappa shape index (κ2) is 8.43. The highest BCUT2D eigenvalue weighted by molar-refractivity contribution is 6.15. The molecule has 0 unspecified atom stereocenters. The van der Waals surface area contributed by atoms with Crippen molar-refractivity contribution in [1.29, 1.82) is 0 Å². The molecule has 0 saturated carbocycles. The highest BCUT2D eigenvalue weighted by Gasteiger charge is 2.17. The summed E-state index contributed by atoms with van der Waals surface area (Å²) in [7, 11) is 4.67. The van der Waals surface area contributed by atoms with Crippen LogP contribution in [0.1, 0.15) is 18.1 Å². The molecule has 0 fully saturated rings. The van der Waals surface area contributed by atoms with Crippen LogP contribution in [0.15, 0.2) is 59.7 Å². The molecule has 28 heavy (non-hydrogen) atoms. The first-order valence-corrected chi connectivity index (χ1v) is 8.71. The maximum atomic E-state index is 11.5. The fourth-order valence-corrected chi connectivity index (χ4v) is 2.98. The molecule has 0 heterocycles. The summed E-state index contributed by atoms with van der Waals surface area (Å²) in [5.74, 6) is 1.25. The van der Waals surface area contributed by atoms with E-state index in [4.69, 9.17) is 14.2 Å². The topological polar surface area (TPSA) is 69.2 Å². The van der Waals surface area contributed by atoms with Crippen LogP contribution in [0, 0.1) is 0 Å². The van der Waals surface area contributed by atoms with Gasteiger partial charge in [0.05, 0.1) is 27.0 Å². The Morgan fingerprint density at radius 1 is 0.821 bits per heavy atom. The molecule has 0 saturated heterocycles. The molecule has 0 aliphatic heterocycles. The standard InChI is InChI=1S/C22H22N2O4/c1-14(25)23-24-21(17-10-9-15-7-5-6-8-16(15)11-17)18-12-19(26-2)22(28-4)20(13-18)27-3/h5-13H,1-4H3,(H,23,25)/b24-21-. The van der Waals surface area contributed by atoms with Crippen LogP contribution in [0.4, 0.5) is 0 Å². The number of hydrazone groups is 1. The van der Waals surface area contributed by atoms with Gasteiger partial charge in [-0.25, -0.2) is 5.43 Å². The lowest BCUT2D eigenvalue weighted by Crippen LogP contribution is -2.17. The van der Waals surface area contributed by atoms with Gasteiger partial charge in [0.1, 0.15) is 0 Å². The van der Waals surface area contributed by atoms with Crippen LogP contribution < -0.4 is 19.6 Å². The number of nitrogens with zero attached hydrogens (tertiary/aromatic N) is 1. The minimum atomic E-state index is -0.259. The maximum absolute atomic E-state index is 11.5. The van der Waals surface area contributed by atoms with Crippen molar-refractivity contribution in [3.05, 3.63) is 65.7 Å². The van der Waals surface area contributed by atoms with Crippen molar-refractivity contribution in [3.63, 3.8) is 0 Å². The van der Waals surface area contributed by atoms with Crippen LogP contribution in [0.25, 0.3) is 10.8 Å². The van der Waals surface area contributed by atoms with Gasteiger partial charge in [0.15, 0.2) is 11.5 Å². The number of nitrogens with one attached hydrogen (secondary N) is 1. The molecular weight excluding hydrogens is 356 g/mol. The molecule has 1 amide bonds. The Morgan fingerprint density at radius 2 is 1.46 bits per heavy atom. The molecule has 6 nitrogen and oxygen atoms in total. The molecule has 144 valence electrons. The summed E-state index contributed by atoms with van der Waals surface area (Å²) in [4.78, 5) is 11.5. The van der Waals surface area contributed by atoms with Gasteiger partial charge in [0.2, 0.25) is 11.7 Å². The third-order valence-corrected chi connectivity index (χ3v) is 4.29. The smallest absolute Gasteiger partial charge is 0.236 e. The number of methoxy groups -OCH3 is 3. The first kappa shape index (κ1) is 19.2. The monoisotopic (exact) mass is 378 g/mol. The zero-order valence-electron chi connectivity index (χ0n) is 16.3. The van der Waals surface area contributed by atoms with Crippen LogP contribution in [-0.2, 0) is 4.79 Å². The van der Waals surface area contributed by atoms with Crippen LogP contribution in [0.5, 0.6) is 17.2 Å². The van der Waals surface area contributed by atoms with Gasteiger partial charge >= 0.3 is 0 Å². The van der Waals surface area contributed by atoms with Gasteiger partial charge in [-0.3, -0.25) is 4.79 Å². The van der Waals surface area contributed by atoms with E-state index in [2.05, 4.69) is 10.5 Å². The Hall–Kier alpha value is -3.54. The van der Waals surface area contributed by atoms with E-state index >= 15 is 0 Å². The summed E-state index contributed by atoms with van der Waals surface area (Å²) in [6, 6.07) is 17.7. The molecule has 0 spiro atoms. The molecule has 3 aromatic rings. The molecule has 3 aromatic carbocycles. The highest BCUT2D eigenvalue weighted by Crippen LogP contribution is 2.39. The lowest BCUT2D eigenvalue weighted by atomic mass is 9.98. The predicted molar refractivity (Wildman–Crippen MR) is 110 cm³/mol. The number of hydrogen-bond acceptors (Lipinski definition) is 5. The minimum absolute atomic E-state index is 0.259. The van der Waals surface area contributed by atoms with E-state index < -0.39 is 0 Å². The second-order valence-electron chi connectivity index (χ2n) is 6.10. The van der Waals surface area contributed by atoms with Crippen LogP contribution in [0.3, 0.4) is 0 Å². The molecule has 0 bridgehead atoms. The number of hydrogen-bond donors (Lipinski definition) is 1. The van der Waals surface area contributed by atoms with Gasteiger partial charge in [-0.05, 0) is 29.0 Å². The SMILES string of the molecule is COc1cc(/C(=N\NC(C)=O)c2ccc3ccccc3c2)cc(OC)c1OC.